The Morgan fingerprint density at radius 3 is 1.21 bits per heavy atom. The Balaban J connectivity index is 0.000000226. The molecule has 0 saturated carbocycles. The average molecular weight is 785 g/mol. The second-order valence-electron chi connectivity index (χ2n) is 15.1. The van der Waals surface area contributed by atoms with E-state index >= 15 is 0 Å². The Hall–Kier alpha value is -5.85. The fraction of sp³-hybridized carbons (Fsp3) is 0.304. The molecule has 6 rings (SSSR count). The third-order valence-electron chi connectivity index (χ3n) is 10.5. The summed E-state index contributed by atoms with van der Waals surface area (Å²) >= 11 is 0. The smallest absolute Gasteiger partial charge is 0.209 e. The Morgan fingerprint density at radius 1 is 0.596 bits per heavy atom. The van der Waals surface area contributed by atoms with Crippen molar-refractivity contribution in [3.05, 3.63) is 131 Å². The topological polar surface area (TPSA) is 140 Å². The molecule has 0 aromatic heterocycles. The number of para-hydroxylation sites is 2. The summed E-state index contributed by atoms with van der Waals surface area (Å²) in [7, 11) is 3.15. The fourth-order valence-corrected chi connectivity index (χ4v) is 7.33. The van der Waals surface area contributed by atoms with Crippen LogP contribution in [-0.2, 0) is 21.2 Å². The van der Waals surface area contributed by atoms with Crippen LogP contribution in [0.25, 0.3) is 12.2 Å². The van der Waals surface area contributed by atoms with E-state index in [4.69, 9.17) is 28.0 Å². The highest BCUT2D eigenvalue weighted by Gasteiger charge is 2.43. The van der Waals surface area contributed by atoms with Crippen molar-refractivity contribution in [3.8, 4) is 12.1 Å². The number of anilines is 2. The van der Waals surface area contributed by atoms with Gasteiger partial charge in [0, 0.05) is 84.4 Å². The SMILES string of the molecule is CN(CCC#N)c1ccc(/C=C/C2=[N+](C)c3ccccc3C2(C)C)cc1.CN(CCC#N)c1ccc(/C=C/C2=[N+](C)c3ccccc3C2(C)C)cc1.O=S(=O)([O-])[O-]. The molecule has 0 amide bonds. The second kappa shape index (κ2) is 18.9. The lowest BCUT2D eigenvalue weighted by Gasteiger charge is -2.17. The third kappa shape index (κ3) is 11.1. The molecule has 0 radical (unpaired) electrons. The van der Waals surface area contributed by atoms with Gasteiger partial charge in [-0.2, -0.15) is 19.7 Å². The Bertz CT molecular complexity index is 2200. The number of fused-ring (bicyclic) bond motifs is 2. The maximum absolute atomic E-state index is 8.72. The van der Waals surface area contributed by atoms with Gasteiger partial charge in [0.05, 0.1) is 35.8 Å². The second-order valence-corrected chi connectivity index (χ2v) is 15.9. The minimum absolute atomic E-state index is 0.000698. The van der Waals surface area contributed by atoms with Gasteiger partial charge in [-0.15, -0.1) is 0 Å². The van der Waals surface area contributed by atoms with Crippen LogP contribution in [0.2, 0.25) is 0 Å². The Kier molecular flexibility index (Phi) is 14.5. The van der Waals surface area contributed by atoms with Crippen LogP contribution in [-0.4, -0.2) is 79.4 Å². The molecule has 0 atom stereocenters. The van der Waals surface area contributed by atoms with Crippen molar-refractivity contribution >= 4 is 56.7 Å². The minimum atomic E-state index is -5.17. The fourth-order valence-electron chi connectivity index (χ4n) is 7.33. The van der Waals surface area contributed by atoms with Crippen molar-refractivity contribution in [2.45, 2.75) is 51.4 Å². The monoisotopic (exact) mass is 784 g/mol. The molecule has 2 aliphatic heterocycles. The van der Waals surface area contributed by atoms with Crippen LogP contribution in [0.15, 0.2) is 109 Å². The first-order valence-electron chi connectivity index (χ1n) is 18.7. The molecule has 11 heteroatoms. The van der Waals surface area contributed by atoms with E-state index in [1.807, 2.05) is 14.1 Å². The van der Waals surface area contributed by atoms with Gasteiger partial charge in [-0.25, -0.2) is 0 Å². The van der Waals surface area contributed by atoms with Crippen LogP contribution in [0.5, 0.6) is 0 Å². The van der Waals surface area contributed by atoms with Crippen molar-refractivity contribution in [2.24, 2.45) is 0 Å². The van der Waals surface area contributed by atoms with E-state index < -0.39 is 10.4 Å². The van der Waals surface area contributed by atoms with Crippen molar-refractivity contribution in [2.75, 3.05) is 51.1 Å². The van der Waals surface area contributed by atoms with Gasteiger partial charge >= 0.3 is 0 Å². The Morgan fingerprint density at radius 2 is 0.912 bits per heavy atom. The molecule has 0 bridgehead atoms. The van der Waals surface area contributed by atoms with E-state index in [2.05, 4.69) is 194 Å². The number of benzene rings is 4. The summed E-state index contributed by atoms with van der Waals surface area (Å²) in [5.41, 5.74) is 12.5. The number of rotatable bonds is 10. The maximum atomic E-state index is 8.72. The highest BCUT2D eigenvalue weighted by Crippen LogP contribution is 2.40. The summed E-state index contributed by atoms with van der Waals surface area (Å²) in [6.07, 6.45) is 9.90. The lowest BCUT2D eigenvalue weighted by Crippen LogP contribution is -2.26. The number of allylic oxidation sites excluding steroid dienone is 2. The van der Waals surface area contributed by atoms with Crippen LogP contribution >= 0.6 is 0 Å². The summed E-state index contributed by atoms with van der Waals surface area (Å²) in [4.78, 5) is 4.21. The lowest BCUT2D eigenvalue weighted by molar-refractivity contribution is -0.401. The number of nitrogens with zero attached hydrogens (tertiary/aromatic N) is 6. The molecule has 0 unspecified atom stereocenters. The zero-order valence-electron chi connectivity index (χ0n) is 34.1. The van der Waals surface area contributed by atoms with Crippen LogP contribution in [0, 0.1) is 22.7 Å². The van der Waals surface area contributed by atoms with Gasteiger partial charge < -0.3 is 18.9 Å². The Labute approximate surface area is 338 Å². The van der Waals surface area contributed by atoms with Gasteiger partial charge in [0.15, 0.2) is 11.4 Å². The van der Waals surface area contributed by atoms with E-state index in [0.29, 0.717) is 12.8 Å². The molecule has 0 saturated heterocycles. The first kappa shape index (κ1) is 43.9. The van der Waals surface area contributed by atoms with Gasteiger partial charge in [0.1, 0.15) is 14.1 Å². The number of hydrogen-bond acceptors (Lipinski definition) is 8. The predicted octanol–water partition coefficient (Wildman–Crippen LogP) is 8.17. The van der Waals surface area contributed by atoms with Crippen LogP contribution in [0.4, 0.5) is 22.7 Å². The predicted molar refractivity (Wildman–Crippen MR) is 229 cm³/mol. The van der Waals surface area contributed by atoms with E-state index in [0.717, 1.165) is 24.5 Å². The number of hydrogen-bond donors (Lipinski definition) is 0. The van der Waals surface area contributed by atoms with Gasteiger partial charge in [-0.3, -0.25) is 8.42 Å². The number of nitriles is 2. The highest BCUT2D eigenvalue weighted by molar-refractivity contribution is 7.79. The van der Waals surface area contributed by atoms with E-state index in [-0.39, 0.29) is 10.8 Å². The molecule has 2 heterocycles. The summed E-state index contributed by atoms with van der Waals surface area (Å²) in [5, 5.41) is 17.4. The van der Waals surface area contributed by atoms with Crippen LogP contribution in [0.3, 0.4) is 0 Å². The largest absolute Gasteiger partial charge is 0.759 e. The van der Waals surface area contributed by atoms with Crippen molar-refractivity contribution in [1.82, 2.24) is 0 Å². The quantitative estimate of drug-likeness (QED) is 0.0892. The summed E-state index contributed by atoms with van der Waals surface area (Å²) in [6.45, 7) is 10.6. The van der Waals surface area contributed by atoms with Gasteiger partial charge in [0.25, 0.3) is 0 Å². The molecular formula is C46H52N6O4S. The van der Waals surface area contributed by atoms with E-state index in [1.165, 1.54) is 45.1 Å². The first-order valence-corrected chi connectivity index (χ1v) is 20.0. The summed E-state index contributed by atoms with van der Waals surface area (Å²) in [5.74, 6) is 0. The lowest BCUT2D eigenvalue weighted by atomic mass is 9.81. The minimum Gasteiger partial charge on any atom is -0.759 e. The third-order valence-corrected chi connectivity index (χ3v) is 10.5. The maximum Gasteiger partial charge on any atom is 0.209 e. The van der Waals surface area contributed by atoms with Gasteiger partial charge in [-0.05, 0) is 75.2 Å². The van der Waals surface area contributed by atoms with Crippen molar-refractivity contribution < 1.29 is 26.7 Å². The molecule has 0 spiro atoms. The molecule has 4 aromatic carbocycles. The molecule has 0 fully saturated rings. The van der Waals surface area contributed by atoms with Gasteiger partial charge in [0.2, 0.25) is 11.4 Å². The molecule has 2 aliphatic rings. The van der Waals surface area contributed by atoms with Crippen LogP contribution < -0.4 is 9.80 Å². The molecule has 10 nitrogen and oxygen atoms in total. The van der Waals surface area contributed by atoms with E-state index in [9.17, 15) is 0 Å². The molecule has 296 valence electrons. The van der Waals surface area contributed by atoms with Gasteiger partial charge in [-0.1, -0.05) is 60.7 Å². The molecule has 57 heavy (non-hydrogen) atoms. The molecular weight excluding hydrogens is 733 g/mol. The molecule has 4 aromatic rings. The zero-order chi connectivity index (χ0) is 42.0. The first-order chi connectivity index (χ1) is 26.9. The average Bonchev–Trinajstić information content (AvgIpc) is 3.50. The summed E-state index contributed by atoms with van der Waals surface area (Å²) in [6, 6.07) is 38.6. The van der Waals surface area contributed by atoms with Crippen molar-refractivity contribution in [3.63, 3.8) is 0 Å². The normalized spacial score (nSPS) is 14.9. The van der Waals surface area contributed by atoms with E-state index in [1.54, 1.807) is 0 Å². The molecule has 0 N–H and O–H groups in total. The molecule has 0 aliphatic carbocycles. The summed E-state index contributed by atoms with van der Waals surface area (Å²) < 4.78 is 38.7. The zero-order valence-corrected chi connectivity index (χ0v) is 34.9. The van der Waals surface area contributed by atoms with Crippen LogP contribution in [0.1, 0.15) is 62.8 Å². The highest BCUT2D eigenvalue weighted by atomic mass is 32.3. The standard InChI is InChI=1S/2C23H26N3.H2O4S/c2*1-23(2)20-8-5-6-9-21(20)26(4)22(23)15-12-18-10-13-19(14-11-18)25(3)17-7-16-24;1-5(2,3)4/h2*5-6,8-15H,7,17H2,1-4H3;(H2,1,2,3,4)/q2*+1;/p-2. The van der Waals surface area contributed by atoms with Crippen molar-refractivity contribution in [1.29, 1.82) is 10.5 Å².